The van der Waals surface area contributed by atoms with E-state index in [2.05, 4.69) is 5.32 Å². The first-order chi connectivity index (χ1) is 9.58. The number of nitrogens with one attached hydrogen (secondary N) is 1. The van der Waals surface area contributed by atoms with Crippen LogP contribution in [0.3, 0.4) is 0 Å². The normalized spacial score (nSPS) is 18.4. The predicted octanol–water partition coefficient (Wildman–Crippen LogP) is 0.0776. The van der Waals surface area contributed by atoms with E-state index in [1.54, 1.807) is 17.0 Å². The molecule has 20 heavy (non-hydrogen) atoms. The van der Waals surface area contributed by atoms with Crippen LogP contribution in [0.2, 0.25) is 0 Å². The van der Waals surface area contributed by atoms with Crippen LogP contribution in [0, 0.1) is 5.82 Å². The number of hydrogen-bond acceptors (Lipinski definition) is 3. The van der Waals surface area contributed by atoms with E-state index in [1.165, 1.54) is 12.1 Å². The van der Waals surface area contributed by atoms with Crippen LogP contribution in [0.15, 0.2) is 24.3 Å². The van der Waals surface area contributed by atoms with Crippen LogP contribution in [0.1, 0.15) is 12.0 Å². The fraction of sp³-hybridized carbons (Fsp3) is 0.429. The lowest BCUT2D eigenvalue weighted by molar-refractivity contribution is -0.127. The summed E-state index contributed by atoms with van der Waals surface area (Å²) in [5.74, 6) is -0.767. The Kier molecular flexibility index (Phi) is 4.68. The topological polar surface area (TPSA) is 69.6 Å². The van der Waals surface area contributed by atoms with Crippen molar-refractivity contribution >= 4 is 11.8 Å². The van der Waals surface area contributed by atoms with Gasteiger partial charge in [-0.15, -0.1) is 0 Å². The molecule has 0 bridgehead atoms. The van der Waals surface area contributed by atoms with Crippen molar-refractivity contribution in [3.8, 4) is 0 Å². The van der Waals surface area contributed by atoms with E-state index in [4.69, 9.17) is 5.11 Å². The van der Waals surface area contributed by atoms with Crippen LogP contribution < -0.4 is 5.32 Å². The van der Waals surface area contributed by atoms with Crippen LogP contribution in [-0.2, 0) is 16.0 Å². The fourth-order valence-electron chi connectivity index (χ4n) is 2.27. The average Bonchev–Trinajstić information content (AvgIpc) is 2.78. The minimum atomic E-state index is -0.569. The van der Waals surface area contributed by atoms with Gasteiger partial charge >= 0.3 is 0 Å². The Morgan fingerprint density at radius 1 is 1.40 bits per heavy atom. The maximum absolute atomic E-state index is 12.8. The van der Waals surface area contributed by atoms with E-state index < -0.39 is 12.5 Å². The fourth-order valence-corrected chi connectivity index (χ4v) is 2.27. The van der Waals surface area contributed by atoms with Gasteiger partial charge in [-0.05, 0) is 24.1 Å². The number of hydrogen-bond donors (Lipinski definition) is 2. The summed E-state index contributed by atoms with van der Waals surface area (Å²) in [7, 11) is 0. The highest BCUT2D eigenvalue weighted by atomic mass is 19.1. The molecule has 1 saturated heterocycles. The molecule has 1 aliphatic rings. The van der Waals surface area contributed by atoms with Crippen molar-refractivity contribution in [2.75, 3.05) is 19.7 Å². The van der Waals surface area contributed by atoms with E-state index in [-0.39, 0.29) is 24.2 Å². The second kappa shape index (κ2) is 6.47. The molecule has 5 nitrogen and oxygen atoms in total. The summed E-state index contributed by atoms with van der Waals surface area (Å²) in [6.07, 6.45) is 0.905. The molecule has 2 amide bonds. The Bertz CT molecular complexity index is 490. The smallest absolute Gasteiger partial charge is 0.245 e. The van der Waals surface area contributed by atoms with E-state index in [0.29, 0.717) is 19.5 Å². The zero-order valence-electron chi connectivity index (χ0n) is 11.0. The van der Waals surface area contributed by atoms with Crippen molar-refractivity contribution in [2.24, 2.45) is 0 Å². The number of likely N-dealkylation sites (tertiary alicyclic amines) is 1. The predicted molar refractivity (Wildman–Crippen MR) is 70.3 cm³/mol. The maximum atomic E-state index is 12.8. The first-order valence-electron chi connectivity index (χ1n) is 6.51. The Hall–Kier alpha value is -1.95. The lowest BCUT2D eigenvalue weighted by atomic mass is 10.1. The van der Waals surface area contributed by atoms with Crippen molar-refractivity contribution in [3.63, 3.8) is 0 Å². The van der Waals surface area contributed by atoms with Gasteiger partial charge < -0.3 is 15.3 Å². The molecular formula is C14H17FN2O3. The summed E-state index contributed by atoms with van der Waals surface area (Å²) < 4.78 is 12.8. The van der Waals surface area contributed by atoms with Gasteiger partial charge in [-0.2, -0.15) is 0 Å². The molecule has 1 aromatic carbocycles. The summed E-state index contributed by atoms with van der Waals surface area (Å²) >= 11 is 0. The number of aliphatic hydroxyl groups excluding tert-OH is 1. The highest BCUT2D eigenvalue weighted by molar-refractivity contribution is 5.82. The van der Waals surface area contributed by atoms with Gasteiger partial charge in [0, 0.05) is 19.5 Å². The number of amides is 2. The second-order valence-electron chi connectivity index (χ2n) is 4.84. The monoisotopic (exact) mass is 280 g/mol. The summed E-state index contributed by atoms with van der Waals surface area (Å²) in [5.41, 5.74) is 0.960. The largest absolute Gasteiger partial charge is 0.387 e. The van der Waals surface area contributed by atoms with Gasteiger partial charge in [0.1, 0.15) is 12.4 Å². The van der Waals surface area contributed by atoms with Gasteiger partial charge in [0.05, 0.1) is 6.04 Å². The highest BCUT2D eigenvalue weighted by Gasteiger charge is 2.29. The molecule has 1 aromatic rings. The Labute approximate surface area is 116 Å². The van der Waals surface area contributed by atoms with Crippen LogP contribution >= 0.6 is 0 Å². The van der Waals surface area contributed by atoms with Crippen LogP contribution in [-0.4, -0.2) is 47.6 Å². The van der Waals surface area contributed by atoms with Gasteiger partial charge in [-0.3, -0.25) is 9.59 Å². The third-order valence-electron chi connectivity index (χ3n) is 3.31. The number of carbonyl (C=O) groups excluding carboxylic acids is 2. The molecule has 0 saturated carbocycles. The highest BCUT2D eigenvalue weighted by Crippen LogP contribution is 2.12. The molecule has 0 radical (unpaired) electrons. The molecule has 0 aromatic heterocycles. The number of rotatable bonds is 5. The first kappa shape index (κ1) is 14.5. The maximum Gasteiger partial charge on any atom is 0.245 e. The van der Waals surface area contributed by atoms with Crippen molar-refractivity contribution in [3.05, 3.63) is 35.6 Å². The Balaban J connectivity index is 1.83. The molecule has 6 heteroatoms. The molecule has 1 atom stereocenters. The summed E-state index contributed by atoms with van der Waals surface area (Å²) in [5, 5.41) is 11.3. The van der Waals surface area contributed by atoms with Crippen molar-refractivity contribution < 1.29 is 19.1 Å². The number of halogens is 1. The minimum Gasteiger partial charge on any atom is -0.387 e. The summed E-state index contributed by atoms with van der Waals surface area (Å²) in [4.78, 5) is 24.5. The molecule has 1 aliphatic heterocycles. The van der Waals surface area contributed by atoms with E-state index in [0.717, 1.165) is 5.56 Å². The van der Waals surface area contributed by atoms with Crippen LogP contribution in [0.4, 0.5) is 4.39 Å². The third kappa shape index (κ3) is 3.77. The van der Waals surface area contributed by atoms with Crippen molar-refractivity contribution in [1.29, 1.82) is 0 Å². The zero-order valence-corrected chi connectivity index (χ0v) is 11.0. The van der Waals surface area contributed by atoms with E-state index in [9.17, 15) is 14.0 Å². The van der Waals surface area contributed by atoms with E-state index in [1.807, 2.05) is 0 Å². The third-order valence-corrected chi connectivity index (χ3v) is 3.31. The SMILES string of the molecule is O=C(CO)N[C@H]1CC(=O)N(CCc2ccc(F)cc2)C1. The minimum absolute atomic E-state index is 0.0182. The quantitative estimate of drug-likeness (QED) is 0.802. The van der Waals surface area contributed by atoms with Crippen LogP contribution in [0.5, 0.6) is 0 Å². The number of carbonyl (C=O) groups is 2. The average molecular weight is 280 g/mol. The molecule has 0 unspecified atom stereocenters. The van der Waals surface area contributed by atoms with Crippen molar-refractivity contribution in [1.82, 2.24) is 10.2 Å². The molecule has 108 valence electrons. The zero-order chi connectivity index (χ0) is 14.5. The van der Waals surface area contributed by atoms with Gasteiger partial charge in [-0.1, -0.05) is 12.1 Å². The van der Waals surface area contributed by atoms with Gasteiger partial charge in [-0.25, -0.2) is 4.39 Å². The molecule has 0 aliphatic carbocycles. The Morgan fingerprint density at radius 3 is 2.75 bits per heavy atom. The number of aliphatic hydroxyl groups is 1. The van der Waals surface area contributed by atoms with Gasteiger partial charge in [0.2, 0.25) is 11.8 Å². The number of nitrogens with zero attached hydrogens (tertiary/aromatic N) is 1. The van der Waals surface area contributed by atoms with Gasteiger partial charge in [0.15, 0.2) is 0 Å². The lowest BCUT2D eigenvalue weighted by Gasteiger charge is -2.17. The lowest BCUT2D eigenvalue weighted by Crippen LogP contribution is -2.38. The Morgan fingerprint density at radius 2 is 2.10 bits per heavy atom. The molecule has 0 spiro atoms. The second-order valence-corrected chi connectivity index (χ2v) is 4.84. The number of benzene rings is 1. The van der Waals surface area contributed by atoms with Crippen molar-refractivity contribution in [2.45, 2.75) is 18.9 Å². The molecule has 1 heterocycles. The van der Waals surface area contributed by atoms with Gasteiger partial charge in [0.25, 0.3) is 0 Å². The molecule has 1 fully saturated rings. The standard InChI is InChI=1S/C14H17FN2O3/c15-11-3-1-10(2-4-11)5-6-17-8-12(7-14(17)20)16-13(19)9-18/h1-4,12,18H,5-9H2,(H,16,19)/t12-/m0/s1. The molecule has 2 N–H and O–H groups in total. The van der Waals surface area contributed by atoms with Crippen LogP contribution in [0.25, 0.3) is 0 Å². The van der Waals surface area contributed by atoms with E-state index >= 15 is 0 Å². The summed E-state index contributed by atoms with van der Waals surface area (Å²) in [6, 6.07) is 5.94. The summed E-state index contributed by atoms with van der Waals surface area (Å²) in [6.45, 7) is 0.419. The molecular weight excluding hydrogens is 263 g/mol. The first-order valence-corrected chi connectivity index (χ1v) is 6.51. The molecule has 2 rings (SSSR count).